The van der Waals surface area contributed by atoms with Crippen molar-refractivity contribution in [3.63, 3.8) is 0 Å². The molecule has 1 heterocycles. The molecule has 0 N–H and O–H groups in total. The number of hydrogen-bond donors (Lipinski definition) is 0. The van der Waals surface area contributed by atoms with Crippen molar-refractivity contribution in [2.24, 2.45) is 0 Å². The third-order valence-corrected chi connectivity index (χ3v) is 6.57. The van der Waals surface area contributed by atoms with Crippen LogP contribution in [0.25, 0.3) is 0 Å². The van der Waals surface area contributed by atoms with Gasteiger partial charge in [-0.05, 0) is 13.3 Å². The van der Waals surface area contributed by atoms with Crippen LogP contribution in [-0.2, 0) is 19.6 Å². The van der Waals surface area contributed by atoms with E-state index in [1.54, 1.807) is 16.1 Å². The molecule has 1 saturated heterocycles. The number of thioether (sulfide) groups is 1. The molecule has 0 aliphatic carbocycles. The molecule has 5 nitrogen and oxygen atoms in total. The van der Waals surface area contributed by atoms with Crippen molar-refractivity contribution < 1.29 is 17.9 Å². The van der Waals surface area contributed by atoms with E-state index in [1.807, 2.05) is 13.8 Å². The zero-order valence-electron chi connectivity index (χ0n) is 11.1. The Balaban J connectivity index is 2.54. The first-order chi connectivity index (χ1) is 8.38. The van der Waals surface area contributed by atoms with Crippen LogP contribution < -0.4 is 0 Å². The molecule has 18 heavy (non-hydrogen) atoms. The lowest BCUT2D eigenvalue weighted by atomic mass is 10.2. The standard InChI is InChI=1S/C11H21NO4S2/c1-9-10(2)17-7-6-12(9)18(14,15)8-4-5-11(13)16-3/h9-10H,4-8H2,1-3H3. The van der Waals surface area contributed by atoms with E-state index in [2.05, 4.69) is 4.74 Å². The first-order valence-electron chi connectivity index (χ1n) is 6.06. The van der Waals surface area contributed by atoms with Gasteiger partial charge in [0.15, 0.2) is 0 Å². The van der Waals surface area contributed by atoms with E-state index in [-0.39, 0.29) is 24.2 Å². The van der Waals surface area contributed by atoms with E-state index < -0.39 is 10.0 Å². The number of nitrogens with zero attached hydrogens (tertiary/aromatic N) is 1. The lowest BCUT2D eigenvalue weighted by Crippen LogP contribution is -2.48. The molecule has 0 saturated carbocycles. The minimum atomic E-state index is -3.26. The summed E-state index contributed by atoms with van der Waals surface area (Å²) in [6.07, 6.45) is 0.474. The second kappa shape index (κ2) is 6.77. The predicted octanol–water partition coefficient (Wildman–Crippen LogP) is 1.10. The second-order valence-corrected chi connectivity index (χ2v) is 7.95. The molecule has 0 bridgehead atoms. The lowest BCUT2D eigenvalue weighted by molar-refractivity contribution is -0.140. The average Bonchev–Trinajstić information content (AvgIpc) is 2.32. The summed E-state index contributed by atoms with van der Waals surface area (Å²) < 4.78 is 30.4. The largest absolute Gasteiger partial charge is 0.469 e. The third kappa shape index (κ3) is 4.13. The van der Waals surface area contributed by atoms with Crippen LogP contribution in [0, 0.1) is 0 Å². The predicted molar refractivity (Wildman–Crippen MR) is 73.1 cm³/mol. The van der Waals surface area contributed by atoms with Gasteiger partial charge in [0, 0.05) is 30.0 Å². The minimum Gasteiger partial charge on any atom is -0.469 e. The van der Waals surface area contributed by atoms with Crippen LogP contribution in [0.5, 0.6) is 0 Å². The van der Waals surface area contributed by atoms with Crippen LogP contribution in [-0.4, -0.2) is 55.1 Å². The van der Waals surface area contributed by atoms with Crippen LogP contribution in [0.3, 0.4) is 0 Å². The number of esters is 1. The van der Waals surface area contributed by atoms with Gasteiger partial charge in [0.2, 0.25) is 10.0 Å². The average molecular weight is 295 g/mol. The van der Waals surface area contributed by atoms with Gasteiger partial charge in [0.05, 0.1) is 12.9 Å². The zero-order valence-corrected chi connectivity index (χ0v) is 12.7. The number of ether oxygens (including phenoxy) is 1. The summed E-state index contributed by atoms with van der Waals surface area (Å²) >= 11 is 1.80. The lowest BCUT2D eigenvalue weighted by Gasteiger charge is -2.36. The van der Waals surface area contributed by atoms with Crippen molar-refractivity contribution in [2.75, 3.05) is 25.2 Å². The van der Waals surface area contributed by atoms with Crippen LogP contribution in [0.2, 0.25) is 0 Å². The van der Waals surface area contributed by atoms with E-state index in [4.69, 9.17) is 0 Å². The molecule has 1 rings (SSSR count). The number of carbonyl (C=O) groups excluding carboxylic acids is 1. The molecule has 0 spiro atoms. The monoisotopic (exact) mass is 295 g/mol. The summed E-state index contributed by atoms with van der Waals surface area (Å²) in [6, 6.07) is 0.0203. The molecule has 0 radical (unpaired) electrons. The quantitative estimate of drug-likeness (QED) is 0.711. The van der Waals surface area contributed by atoms with Gasteiger partial charge >= 0.3 is 5.97 Å². The topological polar surface area (TPSA) is 63.7 Å². The number of hydrogen-bond acceptors (Lipinski definition) is 5. The van der Waals surface area contributed by atoms with Gasteiger partial charge in [-0.2, -0.15) is 16.1 Å². The summed E-state index contributed by atoms with van der Waals surface area (Å²) in [4.78, 5) is 11.0. The van der Waals surface area contributed by atoms with Crippen LogP contribution >= 0.6 is 11.8 Å². The molecular weight excluding hydrogens is 274 g/mol. The van der Waals surface area contributed by atoms with Crippen LogP contribution in [0.4, 0.5) is 0 Å². The van der Waals surface area contributed by atoms with Gasteiger partial charge in [0.25, 0.3) is 0 Å². The second-order valence-electron chi connectivity index (χ2n) is 4.42. The highest BCUT2D eigenvalue weighted by molar-refractivity contribution is 8.00. The normalized spacial score (nSPS) is 25.9. The fourth-order valence-electron chi connectivity index (χ4n) is 1.92. The Labute approximate surface area is 113 Å². The van der Waals surface area contributed by atoms with E-state index in [9.17, 15) is 13.2 Å². The van der Waals surface area contributed by atoms with Gasteiger partial charge in [-0.1, -0.05) is 6.92 Å². The van der Waals surface area contributed by atoms with Crippen molar-refractivity contribution in [3.8, 4) is 0 Å². The van der Waals surface area contributed by atoms with E-state index >= 15 is 0 Å². The molecule has 2 atom stereocenters. The summed E-state index contributed by atoms with van der Waals surface area (Å²) in [5, 5.41) is 0.314. The highest BCUT2D eigenvalue weighted by atomic mass is 32.2. The first kappa shape index (κ1) is 15.8. The van der Waals surface area contributed by atoms with E-state index in [1.165, 1.54) is 7.11 Å². The molecule has 0 aromatic carbocycles. The SMILES string of the molecule is COC(=O)CCCS(=O)(=O)N1CCSC(C)C1C. The molecule has 0 aromatic rings. The highest BCUT2D eigenvalue weighted by Crippen LogP contribution is 2.26. The van der Waals surface area contributed by atoms with Crippen molar-refractivity contribution in [2.45, 2.75) is 38.0 Å². The Kier molecular flexibility index (Phi) is 5.94. The van der Waals surface area contributed by atoms with Gasteiger partial charge in [-0.3, -0.25) is 4.79 Å². The Morgan fingerprint density at radius 3 is 2.72 bits per heavy atom. The number of carbonyl (C=O) groups is 1. The molecule has 1 aliphatic heterocycles. The minimum absolute atomic E-state index is 0.0177. The summed E-state index contributed by atoms with van der Waals surface area (Å²) in [7, 11) is -1.95. The van der Waals surface area contributed by atoms with Crippen LogP contribution in [0.15, 0.2) is 0 Å². The Hall–Kier alpha value is -0.270. The molecule has 0 aromatic heterocycles. The first-order valence-corrected chi connectivity index (χ1v) is 8.72. The van der Waals surface area contributed by atoms with E-state index in [0.29, 0.717) is 18.2 Å². The third-order valence-electron chi connectivity index (χ3n) is 3.19. The summed E-state index contributed by atoms with van der Waals surface area (Å²) in [5.74, 6) is 0.492. The molecule has 1 aliphatic rings. The fraction of sp³-hybridized carbons (Fsp3) is 0.909. The smallest absolute Gasteiger partial charge is 0.305 e. The molecule has 2 unspecified atom stereocenters. The molecule has 1 fully saturated rings. The molecule has 0 amide bonds. The highest BCUT2D eigenvalue weighted by Gasteiger charge is 2.33. The maximum absolute atomic E-state index is 12.2. The van der Waals surface area contributed by atoms with Crippen LogP contribution in [0.1, 0.15) is 26.7 Å². The van der Waals surface area contributed by atoms with Gasteiger partial charge in [-0.25, -0.2) is 8.42 Å². The zero-order chi connectivity index (χ0) is 13.8. The van der Waals surface area contributed by atoms with Gasteiger partial charge in [0.1, 0.15) is 0 Å². The molecule has 106 valence electrons. The van der Waals surface area contributed by atoms with Gasteiger partial charge < -0.3 is 4.74 Å². The number of methoxy groups -OCH3 is 1. The van der Waals surface area contributed by atoms with Crippen molar-refractivity contribution in [1.82, 2.24) is 4.31 Å². The van der Waals surface area contributed by atoms with E-state index in [0.717, 1.165) is 5.75 Å². The Bertz CT molecular complexity index is 383. The van der Waals surface area contributed by atoms with Crippen molar-refractivity contribution >= 4 is 27.8 Å². The fourth-order valence-corrected chi connectivity index (χ4v) is 5.01. The number of rotatable bonds is 5. The number of sulfonamides is 1. The molecule has 7 heteroatoms. The maximum Gasteiger partial charge on any atom is 0.305 e. The Morgan fingerprint density at radius 2 is 2.11 bits per heavy atom. The summed E-state index contributed by atoms with van der Waals surface area (Å²) in [5.41, 5.74) is 0. The molecular formula is C11H21NO4S2. The van der Waals surface area contributed by atoms with Gasteiger partial charge in [-0.15, -0.1) is 0 Å². The Morgan fingerprint density at radius 1 is 1.44 bits per heavy atom. The van der Waals surface area contributed by atoms with Crippen molar-refractivity contribution in [1.29, 1.82) is 0 Å². The summed E-state index contributed by atoms with van der Waals surface area (Å²) in [6.45, 7) is 4.55. The van der Waals surface area contributed by atoms with Crippen molar-refractivity contribution in [3.05, 3.63) is 0 Å². The maximum atomic E-state index is 12.2.